The number of aliphatic imine (C=N–C) groups is 3. The zero-order chi connectivity index (χ0) is 40.3. The van der Waals surface area contributed by atoms with E-state index in [1.807, 2.05) is 0 Å². The molecule has 4 nitrogen and oxygen atoms in total. The first-order valence-electron chi connectivity index (χ1n) is 24.9. The van der Waals surface area contributed by atoms with Crippen LogP contribution in [0.2, 0.25) is 0 Å². The molecule has 5 rings (SSSR count). The van der Waals surface area contributed by atoms with Crippen molar-refractivity contribution in [3.8, 4) is 0 Å². The Bertz CT molecular complexity index is 1600. The smallest absolute Gasteiger partial charge is 0.0691 e. The normalized spacial score (nSPS) is 16.9. The third kappa shape index (κ3) is 17.1. The number of nitrogens with zero attached hydrogens (tertiary/aromatic N) is 3. The summed E-state index contributed by atoms with van der Waals surface area (Å²) in [6.07, 6.45) is 64.4. The summed E-state index contributed by atoms with van der Waals surface area (Å²) < 4.78 is 0. The topological polar surface area (TPSA) is 49.1 Å². The van der Waals surface area contributed by atoms with Gasteiger partial charge in [0.25, 0.3) is 0 Å². The molecular weight excluding hydrogens is 705 g/mol. The van der Waals surface area contributed by atoms with Gasteiger partial charge in [-0.25, -0.2) is 15.0 Å². The molecule has 0 spiro atoms. The molecule has 5 heterocycles. The van der Waals surface area contributed by atoms with E-state index < -0.39 is 0 Å². The maximum absolute atomic E-state index is 5.38. The Labute approximate surface area is 356 Å². The number of allylic oxidation sites excluding steroid dienone is 11. The minimum Gasteiger partial charge on any atom is -0.359 e. The Hall–Kier alpha value is -3.27. The van der Waals surface area contributed by atoms with Crippen LogP contribution in [0.3, 0.4) is 0 Å². The lowest BCUT2D eigenvalue weighted by molar-refractivity contribution is 0.532. The van der Waals surface area contributed by atoms with E-state index >= 15 is 0 Å². The molecule has 0 saturated carbocycles. The maximum atomic E-state index is 5.38. The van der Waals surface area contributed by atoms with Crippen LogP contribution in [0.1, 0.15) is 226 Å². The average molecular weight is 787 g/mol. The third-order valence-corrected chi connectivity index (χ3v) is 12.7. The van der Waals surface area contributed by atoms with E-state index in [4.69, 9.17) is 15.0 Å². The second-order valence-corrected chi connectivity index (χ2v) is 17.9. The van der Waals surface area contributed by atoms with Crippen molar-refractivity contribution in [1.29, 1.82) is 0 Å². The Kier molecular flexibility index (Phi) is 22.3. The van der Waals surface area contributed by atoms with Gasteiger partial charge in [0.15, 0.2) is 0 Å². The quantitative estimate of drug-likeness (QED) is 0.0678. The summed E-state index contributed by atoms with van der Waals surface area (Å²) in [6, 6.07) is 0. The lowest BCUT2D eigenvalue weighted by atomic mass is 9.99. The van der Waals surface area contributed by atoms with Crippen molar-refractivity contribution in [2.45, 2.75) is 226 Å². The van der Waals surface area contributed by atoms with Crippen LogP contribution in [-0.4, -0.2) is 17.1 Å². The van der Waals surface area contributed by atoms with E-state index in [1.165, 1.54) is 209 Å². The highest BCUT2D eigenvalue weighted by atomic mass is 14.9. The Balaban J connectivity index is 1.11. The van der Waals surface area contributed by atoms with E-state index in [2.05, 4.69) is 73.8 Å². The number of hydrogen-bond donors (Lipinski definition) is 1. The standard InChI is InChI=1S/C54H82N4/c1-3-5-7-9-11-13-15-17-19-21-23-25-27-29-31-33-49-51-39-37-47(56-51)43-45-35-36-46(55-45)44-48-38-40-52(57-48)50(54-42-41-53(49)58-54)34-32-30-28-26-24-22-20-18-16-14-12-10-8-6-4-2/h35,37-44,55H,3-34,36H2,1-2H3. The van der Waals surface area contributed by atoms with E-state index in [1.54, 1.807) is 0 Å². The third-order valence-electron chi connectivity index (χ3n) is 12.7. The number of rotatable bonds is 32. The van der Waals surface area contributed by atoms with Gasteiger partial charge in [0.2, 0.25) is 0 Å². The van der Waals surface area contributed by atoms with Crippen molar-refractivity contribution in [2.75, 3.05) is 0 Å². The molecule has 1 N–H and O–H groups in total. The van der Waals surface area contributed by atoms with E-state index in [0.29, 0.717) is 0 Å². The highest BCUT2D eigenvalue weighted by Crippen LogP contribution is 2.31. The highest BCUT2D eigenvalue weighted by Gasteiger charge is 2.21. The summed E-state index contributed by atoms with van der Waals surface area (Å²) >= 11 is 0. The fourth-order valence-electron chi connectivity index (χ4n) is 9.11. The highest BCUT2D eigenvalue weighted by molar-refractivity contribution is 6.16. The Morgan fingerprint density at radius 2 is 0.828 bits per heavy atom. The van der Waals surface area contributed by atoms with Crippen molar-refractivity contribution in [3.63, 3.8) is 0 Å². The molecule has 0 aliphatic carbocycles. The van der Waals surface area contributed by atoms with Gasteiger partial charge in [0.05, 0.1) is 34.2 Å². The molecule has 0 unspecified atom stereocenters. The molecule has 58 heavy (non-hydrogen) atoms. The molecule has 0 atom stereocenters. The summed E-state index contributed by atoms with van der Waals surface area (Å²) in [5.74, 6) is 0. The van der Waals surface area contributed by atoms with Crippen LogP contribution in [0.15, 0.2) is 109 Å². The van der Waals surface area contributed by atoms with Gasteiger partial charge in [0, 0.05) is 29.0 Å². The predicted molar refractivity (Wildman–Crippen MR) is 255 cm³/mol. The van der Waals surface area contributed by atoms with E-state index in [0.717, 1.165) is 59.2 Å². The first-order valence-corrected chi connectivity index (χ1v) is 24.9. The van der Waals surface area contributed by atoms with Crippen LogP contribution in [-0.2, 0) is 0 Å². The molecule has 0 radical (unpaired) electrons. The molecule has 0 amide bonds. The van der Waals surface area contributed by atoms with Gasteiger partial charge < -0.3 is 5.32 Å². The van der Waals surface area contributed by atoms with Crippen molar-refractivity contribution >= 4 is 17.1 Å². The Morgan fingerprint density at radius 3 is 1.33 bits per heavy atom. The van der Waals surface area contributed by atoms with E-state index in [9.17, 15) is 0 Å². The molecule has 0 aromatic rings. The molecule has 0 fully saturated rings. The van der Waals surface area contributed by atoms with Crippen LogP contribution < -0.4 is 5.32 Å². The molecular formula is C54H82N4. The lowest BCUT2D eigenvalue weighted by Crippen LogP contribution is -2.06. The number of fused-ring (bicyclic) bond motifs is 5. The van der Waals surface area contributed by atoms with Gasteiger partial charge in [-0.1, -0.05) is 200 Å². The number of hydrogen-bond acceptors (Lipinski definition) is 4. The van der Waals surface area contributed by atoms with Crippen LogP contribution >= 0.6 is 0 Å². The predicted octanol–water partition coefficient (Wildman–Crippen LogP) is 16.7. The van der Waals surface area contributed by atoms with Crippen LogP contribution in [0.5, 0.6) is 0 Å². The number of unbranched alkanes of at least 4 members (excludes halogenated alkanes) is 28. The van der Waals surface area contributed by atoms with Crippen molar-refractivity contribution < 1.29 is 0 Å². The first kappa shape index (κ1) is 45.8. The van der Waals surface area contributed by atoms with Crippen LogP contribution in [0.4, 0.5) is 0 Å². The van der Waals surface area contributed by atoms with Crippen molar-refractivity contribution in [1.82, 2.24) is 5.32 Å². The summed E-state index contributed by atoms with van der Waals surface area (Å²) in [4.78, 5) is 15.7. The summed E-state index contributed by atoms with van der Waals surface area (Å²) in [5.41, 5.74) is 11.3. The molecule has 4 heteroatoms. The average Bonchev–Trinajstić information content (AvgIpc) is 4.07. The largest absolute Gasteiger partial charge is 0.359 e. The fraction of sp³-hybridized carbons (Fsp3) is 0.648. The number of nitrogens with one attached hydrogen (secondary N) is 1. The van der Waals surface area contributed by atoms with Crippen LogP contribution in [0, 0.1) is 0 Å². The SMILES string of the molecule is CCCCCCCCCCCCCCCCCC1=C2C=CC(=N2)C=C2CC=C(C=C3C=CC(=N3)C(CCCCCCCCCCCCCCCCC)=C3C=CC1=N3)N2. The minimum absolute atomic E-state index is 0.890. The minimum atomic E-state index is 0.890. The van der Waals surface area contributed by atoms with Gasteiger partial charge in [0.1, 0.15) is 0 Å². The maximum Gasteiger partial charge on any atom is 0.0691 e. The second-order valence-electron chi connectivity index (χ2n) is 17.9. The van der Waals surface area contributed by atoms with Gasteiger partial charge in [-0.15, -0.1) is 0 Å². The van der Waals surface area contributed by atoms with Crippen molar-refractivity contribution in [3.05, 3.63) is 94.3 Å². The van der Waals surface area contributed by atoms with Gasteiger partial charge >= 0.3 is 0 Å². The summed E-state index contributed by atoms with van der Waals surface area (Å²) in [7, 11) is 0. The molecule has 5 aliphatic heterocycles. The second kappa shape index (κ2) is 28.2. The van der Waals surface area contributed by atoms with Crippen LogP contribution in [0.25, 0.3) is 0 Å². The molecule has 5 aliphatic rings. The molecule has 0 saturated heterocycles. The van der Waals surface area contributed by atoms with E-state index in [-0.39, 0.29) is 0 Å². The van der Waals surface area contributed by atoms with Gasteiger partial charge in [-0.3, -0.25) is 0 Å². The summed E-state index contributed by atoms with van der Waals surface area (Å²) in [5, 5.41) is 3.62. The lowest BCUT2D eigenvalue weighted by Gasteiger charge is -2.11. The Morgan fingerprint density at radius 1 is 0.414 bits per heavy atom. The fourth-order valence-corrected chi connectivity index (χ4v) is 9.11. The first-order chi connectivity index (χ1) is 28.7. The zero-order valence-corrected chi connectivity index (χ0v) is 37.4. The summed E-state index contributed by atoms with van der Waals surface area (Å²) in [6.45, 7) is 4.61. The van der Waals surface area contributed by atoms with Crippen molar-refractivity contribution in [2.24, 2.45) is 15.0 Å². The molecule has 8 bridgehead atoms. The van der Waals surface area contributed by atoms with Gasteiger partial charge in [-0.05, 0) is 74.3 Å². The molecule has 0 aromatic heterocycles. The molecule has 318 valence electrons. The monoisotopic (exact) mass is 787 g/mol. The van der Waals surface area contributed by atoms with Gasteiger partial charge in [-0.2, -0.15) is 0 Å². The molecule has 0 aromatic carbocycles. The zero-order valence-electron chi connectivity index (χ0n) is 37.4.